The highest BCUT2D eigenvalue weighted by molar-refractivity contribution is 7.99. The highest BCUT2D eigenvalue weighted by atomic mass is 32.2. The van der Waals surface area contributed by atoms with Gasteiger partial charge in [0, 0.05) is 15.5 Å². The smallest absolute Gasteiger partial charge is 0.266 e. The Bertz CT molecular complexity index is 1060. The molecule has 0 aliphatic carbocycles. The molecule has 1 amide bonds. The Balaban J connectivity index is 1.66. The summed E-state index contributed by atoms with van der Waals surface area (Å²) in [6.07, 6.45) is 1.59. The van der Waals surface area contributed by atoms with Crippen molar-refractivity contribution in [2.24, 2.45) is 0 Å². The quantitative estimate of drug-likeness (QED) is 0.375. The van der Waals surface area contributed by atoms with Crippen LogP contribution in [0.15, 0.2) is 88.2 Å². The second-order valence-electron chi connectivity index (χ2n) is 6.57. The zero-order valence-corrected chi connectivity index (χ0v) is 17.7. The number of anilines is 1. The lowest BCUT2D eigenvalue weighted by Crippen LogP contribution is -2.13. The van der Waals surface area contributed by atoms with Crippen LogP contribution < -0.4 is 10.1 Å². The molecule has 4 nitrogen and oxygen atoms in total. The lowest BCUT2D eigenvalue weighted by molar-refractivity contribution is -0.112. The molecule has 3 rings (SSSR count). The molecule has 0 heterocycles. The number of ether oxygens (including phenoxy) is 1. The molecule has 0 unspecified atom stereocenters. The van der Waals surface area contributed by atoms with E-state index in [0.29, 0.717) is 12.3 Å². The van der Waals surface area contributed by atoms with Gasteiger partial charge in [0.25, 0.3) is 5.91 Å². The normalized spacial score (nSPS) is 10.9. The van der Waals surface area contributed by atoms with Crippen molar-refractivity contribution in [2.75, 3.05) is 11.9 Å². The van der Waals surface area contributed by atoms with Crippen LogP contribution in [0.1, 0.15) is 18.1 Å². The van der Waals surface area contributed by atoms with Crippen LogP contribution in [0.25, 0.3) is 6.08 Å². The summed E-state index contributed by atoms with van der Waals surface area (Å²) in [4.78, 5) is 14.7. The fourth-order valence-electron chi connectivity index (χ4n) is 2.69. The molecule has 1 N–H and O–H groups in total. The Hall–Kier alpha value is -3.49. The molecule has 0 bridgehead atoms. The molecular weight excluding hydrogens is 392 g/mol. The molecule has 0 aliphatic rings. The highest BCUT2D eigenvalue weighted by Gasteiger charge is 2.10. The molecule has 0 spiro atoms. The zero-order valence-electron chi connectivity index (χ0n) is 16.9. The second-order valence-corrected chi connectivity index (χ2v) is 7.71. The number of carbonyl (C=O) groups is 1. The maximum absolute atomic E-state index is 12.5. The molecular formula is C25H22N2O2S. The molecule has 0 radical (unpaired) electrons. The molecule has 5 heteroatoms. The monoisotopic (exact) mass is 414 g/mol. The Morgan fingerprint density at radius 1 is 1.00 bits per heavy atom. The van der Waals surface area contributed by atoms with Crippen LogP contribution in [0, 0.1) is 18.3 Å². The van der Waals surface area contributed by atoms with Gasteiger partial charge in [-0.3, -0.25) is 4.79 Å². The lowest BCUT2D eigenvalue weighted by Gasteiger charge is -2.07. The van der Waals surface area contributed by atoms with E-state index >= 15 is 0 Å². The van der Waals surface area contributed by atoms with Crippen LogP contribution >= 0.6 is 11.8 Å². The maximum atomic E-state index is 12.5. The second kappa shape index (κ2) is 10.3. The first-order valence-electron chi connectivity index (χ1n) is 9.58. The van der Waals surface area contributed by atoms with Gasteiger partial charge in [0.15, 0.2) is 0 Å². The molecule has 3 aromatic carbocycles. The Morgan fingerprint density at radius 3 is 2.17 bits per heavy atom. The molecule has 0 saturated heterocycles. The van der Waals surface area contributed by atoms with Crippen molar-refractivity contribution in [2.45, 2.75) is 23.6 Å². The molecule has 0 aliphatic heterocycles. The standard InChI is InChI=1S/C25H22N2O2S/c1-3-29-22-10-8-21(9-11-22)27-25(28)20(17-26)16-19-6-14-24(15-7-19)30-23-12-4-18(2)5-13-23/h4-16H,3H2,1-2H3,(H,27,28)/b20-16-. The number of hydrogen-bond acceptors (Lipinski definition) is 4. The first-order chi connectivity index (χ1) is 14.6. The average Bonchev–Trinajstić information content (AvgIpc) is 2.76. The third-order valence-corrected chi connectivity index (χ3v) is 5.25. The van der Waals surface area contributed by atoms with E-state index in [2.05, 4.69) is 36.5 Å². The predicted molar refractivity (Wildman–Crippen MR) is 122 cm³/mol. The third-order valence-electron chi connectivity index (χ3n) is 4.24. The Labute approximate surface area is 181 Å². The SMILES string of the molecule is CCOc1ccc(NC(=O)/C(C#N)=C\c2ccc(Sc3ccc(C)cc3)cc2)cc1. The summed E-state index contributed by atoms with van der Waals surface area (Å²) in [5.74, 6) is 0.287. The van der Waals surface area contributed by atoms with Gasteiger partial charge >= 0.3 is 0 Å². The van der Waals surface area contributed by atoms with Crippen molar-refractivity contribution in [3.05, 3.63) is 89.5 Å². The fourth-order valence-corrected chi connectivity index (χ4v) is 3.51. The molecule has 150 valence electrons. The van der Waals surface area contributed by atoms with E-state index in [0.717, 1.165) is 21.1 Å². The minimum absolute atomic E-state index is 0.0443. The van der Waals surface area contributed by atoms with Gasteiger partial charge < -0.3 is 10.1 Å². The number of amides is 1. The molecule has 30 heavy (non-hydrogen) atoms. The third kappa shape index (κ3) is 6.00. The van der Waals surface area contributed by atoms with Gasteiger partial charge in [0.1, 0.15) is 17.4 Å². The van der Waals surface area contributed by atoms with E-state index in [9.17, 15) is 10.1 Å². The molecule has 0 aromatic heterocycles. The van der Waals surface area contributed by atoms with Gasteiger partial charge in [0.2, 0.25) is 0 Å². The number of aryl methyl sites for hydroxylation is 1. The van der Waals surface area contributed by atoms with Gasteiger partial charge in [-0.1, -0.05) is 41.6 Å². The minimum Gasteiger partial charge on any atom is -0.494 e. The fraction of sp³-hybridized carbons (Fsp3) is 0.120. The topological polar surface area (TPSA) is 62.1 Å². The summed E-state index contributed by atoms with van der Waals surface area (Å²) in [5.41, 5.74) is 2.67. The Morgan fingerprint density at radius 2 is 1.60 bits per heavy atom. The lowest BCUT2D eigenvalue weighted by atomic mass is 10.1. The predicted octanol–water partition coefficient (Wildman–Crippen LogP) is 6.09. The molecule has 0 saturated carbocycles. The average molecular weight is 415 g/mol. The first kappa shape index (κ1) is 21.2. The van der Waals surface area contributed by atoms with E-state index in [4.69, 9.17) is 4.74 Å². The number of nitriles is 1. The van der Waals surface area contributed by atoms with E-state index in [1.165, 1.54) is 5.56 Å². The maximum Gasteiger partial charge on any atom is 0.266 e. The van der Waals surface area contributed by atoms with E-state index in [1.54, 1.807) is 42.1 Å². The van der Waals surface area contributed by atoms with Crippen molar-refractivity contribution in [1.82, 2.24) is 0 Å². The van der Waals surface area contributed by atoms with Crippen LogP contribution in [0.3, 0.4) is 0 Å². The summed E-state index contributed by atoms with van der Waals surface area (Å²) in [6, 6.07) is 25.1. The van der Waals surface area contributed by atoms with Gasteiger partial charge in [-0.2, -0.15) is 5.26 Å². The summed E-state index contributed by atoms with van der Waals surface area (Å²) in [6.45, 7) is 4.55. The van der Waals surface area contributed by atoms with Gasteiger partial charge in [-0.25, -0.2) is 0 Å². The molecule has 3 aromatic rings. The van der Waals surface area contributed by atoms with Crippen molar-refractivity contribution < 1.29 is 9.53 Å². The largest absolute Gasteiger partial charge is 0.494 e. The number of benzene rings is 3. The van der Waals surface area contributed by atoms with Crippen molar-refractivity contribution >= 4 is 29.4 Å². The van der Waals surface area contributed by atoms with Crippen molar-refractivity contribution in [3.8, 4) is 11.8 Å². The van der Waals surface area contributed by atoms with E-state index in [-0.39, 0.29) is 5.57 Å². The summed E-state index contributed by atoms with van der Waals surface area (Å²) in [7, 11) is 0. The summed E-state index contributed by atoms with van der Waals surface area (Å²) < 4.78 is 5.39. The van der Waals surface area contributed by atoms with Gasteiger partial charge in [-0.05, 0) is 74.0 Å². The van der Waals surface area contributed by atoms with Gasteiger partial charge in [0.05, 0.1) is 6.61 Å². The number of nitrogens with one attached hydrogen (secondary N) is 1. The summed E-state index contributed by atoms with van der Waals surface area (Å²) >= 11 is 1.67. The zero-order chi connectivity index (χ0) is 21.3. The number of rotatable bonds is 7. The van der Waals surface area contributed by atoms with E-state index in [1.807, 2.05) is 37.3 Å². The Kier molecular flexibility index (Phi) is 7.31. The minimum atomic E-state index is -0.445. The number of carbonyl (C=O) groups excluding carboxylic acids is 1. The van der Waals surface area contributed by atoms with Crippen molar-refractivity contribution in [1.29, 1.82) is 5.26 Å². The molecule has 0 atom stereocenters. The van der Waals surface area contributed by atoms with Crippen LogP contribution in [-0.4, -0.2) is 12.5 Å². The van der Waals surface area contributed by atoms with E-state index < -0.39 is 5.91 Å². The van der Waals surface area contributed by atoms with Crippen LogP contribution in [0.5, 0.6) is 5.75 Å². The highest BCUT2D eigenvalue weighted by Crippen LogP contribution is 2.28. The van der Waals surface area contributed by atoms with Crippen molar-refractivity contribution in [3.63, 3.8) is 0 Å². The summed E-state index contributed by atoms with van der Waals surface area (Å²) in [5, 5.41) is 12.2. The number of nitrogens with zero attached hydrogens (tertiary/aromatic N) is 1. The van der Waals surface area contributed by atoms with Crippen LogP contribution in [-0.2, 0) is 4.79 Å². The van der Waals surface area contributed by atoms with Crippen LogP contribution in [0.2, 0.25) is 0 Å². The number of hydrogen-bond donors (Lipinski definition) is 1. The first-order valence-corrected chi connectivity index (χ1v) is 10.4. The molecule has 0 fully saturated rings. The van der Waals surface area contributed by atoms with Crippen LogP contribution in [0.4, 0.5) is 5.69 Å². The van der Waals surface area contributed by atoms with Gasteiger partial charge in [-0.15, -0.1) is 0 Å².